The van der Waals surface area contributed by atoms with Crippen molar-refractivity contribution in [2.45, 2.75) is 25.9 Å². The zero-order valence-corrected chi connectivity index (χ0v) is 13.0. The monoisotopic (exact) mass is 345 g/mol. The second-order valence-corrected chi connectivity index (χ2v) is 5.48. The fourth-order valence-corrected chi connectivity index (χ4v) is 2.45. The zero-order valence-electron chi connectivity index (χ0n) is 12.2. The molecule has 23 heavy (non-hydrogen) atoms. The van der Waals surface area contributed by atoms with Gasteiger partial charge in [-0.2, -0.15) is 13.2 Å². The Hall–Kier alpha value is -2.16. The molecular formula is C14H14F3N3O2S. The van der Waals surface area contributed by atoms with Crippen LogP contribution in [0.4, 0.5) is 18.3 Å². The van der Waals surface area contributed by atoms with Crippen LogP contribution in [0.15, 0.2) is 24.3 Å². The van der Waals surface area contributed by atoms with E-state index in [0.29, 0.717) is 30.1 Å². The van der Waals surface area contributed by atoms with E-state index in [1.165, 1.54) is 0 Å². The topological polar surface area (TPSA) is 64.1 Å². The molecule has 0 unspecified atom stereocenters. The molecule has 5 nitrogen and oxygen atoms in total. The van der Waals surface area contributed by atoms with Gasteiger partial charge < -0.3 is 10.1 Å². The highest BCUT2D eigenvalue weighted by molar-refractivity contribution is 7.15. The third-order valence-electron chi connectivity index (χ3n) is 2.81. The average molecular weight is 345 g/mol. The third kappa shape index (κ3) is 4.92. The minimum atomic E-state index is -4.56. The highest BCUT2D eigenvalue weighted by Gasteiger charge is 2.35. The second kappa shape index (κ2) is 7.40. The molecule has 2 rings (SSSR count). The number of anilines is 1. The van der Waals surface area contributed by atoms with Crippen molar-refractivity contribution in [3.63, 3.8) is 0 Å². The van der Waals surface area contributed by atoms with E-state index in [4.69, 9.17) is 4.74 Å². The van der Waals surface area contributed by atoms with E-state index in [9.17, 15) is 18.0 Å². The van der Waals surface area contributed by atoms with Gasteiger partial charge in [-0.1, -0.05) is 29.5 Å². The number of amides is 1. The summed E-state index contributed by atoms with van der Waals surface area (Å²) < 4.78 is 42.7. The van der Waals surface area contributed by atoms with Gasteiger partial charge in [0.2, 0.25) is 16.0 Å². The second-order valence-electron chi connectivity index (χ2n) is 4.50. The molecular weight excluding hydrogens is 331 g/mol. The van der Waals surface area contributed by atoms with Crippen LogP contribution in [0, 0.1) is 0 Å². The van der Waals surface area contributed by atoms with Gasteiger partial charge >= 0.3 is 6.18 Å². The summed E-state index contributed by atoms with van der Waals surface area (Å²) in [6.45, 7) is 2.37. The Balaban J connectivity index is 1.92. The molecule has 0 bridgehead atoms. The van der Waals surface area contributed by atoms with Crippen molar-refractivity contribution < 1.29 is 22.7 Å². The van der Waals surface area contributed by atoms with Crippen molar-refractivity contribution in [2.24, 2.45) is 0 Å². The van der Waals surface area contributed by atoms with Crippen molar-refractivity contribution in [2.75, 3.05) is 11.9 Å². The predicted molar refractivity (Wildman–Crippen MR) is 79.5 cm³/mol. The first-order valence-electron chi connectivity index (χ1n) is 6.81. The maximum Gasteiger partial charge on any atom is 0.445 e. The average Bonchev–Trinajstić information content (AvgIpc) is 2.95. The number of halogens is 3. The van der Waals surface area contributed by atoms with Gasteiger partial charge in [-0.3, -0.25) is 4.79 Å². The van der Waals surface area contributed by atoms with Gasteiger partial charge in [0.15, 0.2) is 0 Å². The number of hydrogen-bond acceptors (Lipinski definition) is 5. The number of nitrogens with one attached hydrogen (secondary N) is 1. The maximum absolute atomic E-state index is 12.4. The van der Waals surface area contributed by atoms with Crippen molar-refractivity contribution in [3.8, 4) is 5.75 Å². The molecule has 9 heteroatoms. The molecule has 0 atom stereocenters. The van der Waals surface area contributed by atoms with Crippen LogP contribution in [0.25, 0.3) is 0 Å². The Morgan fingerprint density at radius 2 is 2.04 bits per heavy atom. The van der Waals surface area contributed by atoms with E-state index < -0.39 is 17.1 Å². The molecule has 0 aliphatic rings. The molecule has 0 spiro atoms. The minimum absolute atomic E-state index is 0.102. The highest BCUT2D eigenvalue weighted by Crippen LogP contribution is 2.33. The molecule has 1 N–H and O–H groups in total. The molecule has 1 aromatic heterocycles. The number of hydrogen-bond donors (Lipinski definition) is 1. The standard InChI is InChI=1S/C14H14F3N3O2S/c1-2-22-10-6-4-3-5-9(10)7-8-11(21)18-13-20-19-12(23-13)14(15,16)17/h3-6H,2,7-8H2,1H3,(H,18,20,21). The summed E-state index contributed by atoms with van der Waals surface area (Å²) in [4.78, 5) is 11.8. The van der Waals surface area contributed by atoms with Crippen molar-refractivity contribution in [3.05, 3.63) is 34.8 Å². The smallest absolute Gasteiger partial charge is 0.445 e. The van der Waals surface area contributed by atoms with Crippen molar-refractivity contribution >= 4 is 22.4 Å². The lowest BCUT2D eigenvalue weighted by molar-refractivity contribution is -0.138. The number of carbonyl (C=O) groups is 1. The third-order valence-corrected chi connectivity index (χ3v) is 3.69. The van der Waals surface area contributed by atoms with Crippen LogP contribution in [0.5, 0.6) is 5.75 Å². The Morgan fingerprint density at radius 1 is 1.30 bits per heavy atom. The molecule has 0 saturated heterocycles. The number of nitrogens with zero attached hydrogens (tertiary/aromatic N) is 2. The summed E-state index contributed by atoms with van der Waals surface area (Å²) >= 11 is 0.297. The summed E-state index contributed by atoms with van der Waals surface area (Å²) in [5.41, 5.74) is 0.859. The van der Waals surface area contributed by atoms with Crippen molar-refractivity contribution in [1.29, 1.82) is 0 Å². The first kappa shape index (κ1) is 17.2. The first-order chi connectivity index (χ1) is 10.9. The lowest BCUT2D eigenvalue weighted by Gasteiger charge is -2.09. The van der Waals surface area contributed by atoms with Crippen LogP contribution < -0.4 is 10.1 Å². The molecule has 0 fully saturated rings. The lowest BCUT2D eigenvalue weighted by atomic mass is 10.1. The fraction of sp³-hybridized carbons (Fsp3) is 0.357. The quantitative estimate of drug-likeness (QED) is 0.870. The van der Waals surface area contributed by atoms with E-state index in [1.807, 2.05) is 25.1 Å². The molecule has 1 aromatic carbocycles. The molecule has 0 saturated carbocycles. The van der Waals surface area contributed by atoms with Crippen molar-refractivity contribution in [1.82, 2.24) is 10.2 Å². The lowest BCUT2D eigenvalue weighted by Crippen LogP contribution is -2.12. The van der Waals surface area contributed by atoms with Crippen LogP contribution in [0.2, 0.25) is 0 Å². The van der Waals surface area contributed by atoms with Gasteiger partial charge in [0.05, 0.1) is 6.61 Å². The number of carbonyl (C=O) groups excluding carboxylic acids is 1. The van der Waals surface area contributed by atoms with Gasteiger partial charge in [-0.15, -0.1) is 10.2 Å². The number of ether oxygens (including phenoxy) is 1. The van der Waals surface area contributed by atoms with Gasteiger partial charge in [0.1, 0.15) is 5.75 Å². The van der Waals surface area contributed by atoms with E-state index >= 15 is 0 Å². The SMILES string of the molecule is CCOc1ccccc1CCC(=O)Nc1nnc(C(F)(F)F)s1. The van der Waals surface area contributed by atoms with Crippen LogP contribution >= 0.6 is 11.3 Å². The van der Waals surface area contributed by atoms with Crippen LogP contribution in [-0.2, 0) is 17.4 Å². The summed E-state index contributed by atoms with van der Waals surface area (Å²) in [5, 5.41) is 7.39. The predicted octanol–water partition coefficient (Wildman–Crippen LogP) is 3.53. The molecule has 0 radical (unpaired) electrons. The fourth-order valence-electron chi connectivity index (χ4n) is 1.82. The van der Waals surface area contributed by atoms with Crippen LogP contribution in [0.3, 0.4) is 0 Å². The molecule has 124 valence electrons. The Kier molecular flexibility index (Phi) is 5.54. The number of alkyl halides is 3. The van der Waals surface area contributed by atoms with E-state index in [2.05, 4.69) is 15.5 Å². The summed E-state index contributed by atoms with van der Waals surface area (Å²) in [6, 6.07) is 7.30. The van der Waals surface area contributed by atoms with Crippen LogP contribution in [-0.4, -0.2) is 22.7 Å². The zero-order chi connectivity index (χ0) is 16.9. The normalized spacial score (nSPS) is 11.3. The highest BCUT2D eigenvalue weighted by atomic mass is 32.1. The van der Waals surface area contributed by atoms with E-state index in [0.717, 1.165) is 5.56 Å². The largest absolute Gasteiger partial charge is 0.494 e. The Morgan fingerprint density at radius 3 is 2.70 bits per heavy atom. The number of para-hydroxylation sites is 1. The van der Waals surface area contributed by atoms with Gasteiger partial charge in [0.25, 0.3) is 0 Å². The van der Waals surface area contributed by atoms with E-state index in [1.54, 1.807) is 6.07 Å². The Bertz CT molecular complexity index is 673. The molecule has 0 aliphatic carbocycles. The van der Waals surface area contributed by atoms with Crippen LogP contribution in [0.1, 0.15) is 23.9 Å². The first-order valence-corrected chi connectivity index (χ1v) is 7.63. The number of aromatic nitrogens is 2. The van der Waals surface area contributed by atoms with E-state index in [-0.39, 0.29) is 11.6 Å². The Labute approximate surface area is 134 Å². The number of benzene rings is 1. The summed E-state index contributed by atoms with van der Waals surface area (Å²) in [5.74, 6) is 0.263. The molecule has 1 amide bonds. The number of aryl methyl sites for hydroxylation is 1. The van der Waals surface area contributed by atoms with Gasteiger partial charge in [0, 0.05) is 6.42 Å². The summed E-state index contributed by atoms with van der Waals surface area (Å²) in [6.07, 6.45) is -4.05. The maximum atomic E-state index is 12.4. The molecule has 1 heterocycles. The van der Waals surface area contributed by atoms with Gasteiger partial charge in [-0.25, -0.2) is 0 Å². The molecule has 0 aliphatic heterocycles. The minimum Gasteiger partial charge on any atom is -0.494 e. The number of rotatable bonds is 6. The van der Waals surface area contributed by atoms with Gasteiger partial charge in [-0.05, 0) is 25.0 Å². The molecule has 2 aromatic rings. The summed E-state index contributed by atoms with van der Waals surface area (Å²) in [7, 11) is 0.